The Balaban J connectivity index is 2.10. The Morgan fingerprint density at radius 3 is 3.00 bits per heavy atom. The molecule has 0 aliphatic carbocycles. The fraction of sp³-hybridized carbons (Fsp3) is 0.429. The summed E-state index contributed by atoms with van der Waals surface area (Å²) in [6, 6.07) is 5.08. The van der Waals surface area contributed by atoms with Crippen LogP contribution >= 0.6 is 0 Å². The van der Waals surface area contributed by atoms with Gasteiger partial charge in [0.15, 0.2) is 0 Å². The Kier molecular flexibility index (Phi) is 3.60. The SMILES string of the molecule is CCCCCN1C=CCc2cc(F)ccc21. The van der Waals surface area contributed by atoms with Gasteiger partial charge in [0.1, 0.15) is 5.82 Å². The number of benzene rings is 1. The molecule has 0 spiro atoms. The van der Waals surface area contributed by atoms with E-state index in [1.807, 2.05) is 6.07 Å². The van der Waals surface area contributed by atoms with Gasteiger partial charge in [-0.15, -0.1) is 0 Å². The highest BCUT2D eigenvalue weighted by Gasteiger charge is 2.12. The third-order valence-corrected chi connectivity index (χ3v) is 2.98. The third-order valence-electron chi connectivity index (χ3n) is 2.98. The average molecular weight is 219 g/mol. The highest BCUT2D eigenvalue weighted by molar-refractivity contribution is 5.58. The summed E-state index contributed by atoms with van der Waals surface area (Å²) in [5, 5.41) is 0. The zero-order chi connectivity index (χ0) is 11.4. The molecule has 0 aromatic heterocycles. The lowest BCUT2D eigenvalue weighted by Crippen LogP contribution is -2.21. The second-order valence-electron chi connectivity index (χ2n) is 4.26. The molecule has 0 bridgehead atoms. The molecule has 2 heteroatoms. The fourth-order valence-corrected chi connectivity index (χ4v) is 2.11. The molecule has 1 nitrogen and oxygen atoms in total. The summed E-state index contributed by atoms with van der Waals surface area (Å²) in [5.74, 6) is -0.137. The molecule has 16 heavy (non-hydrogen) atoms. The van der Waals surface area contributed by atoms with Crippen molar-refractivity contribution < 1.29 is 4.39 Å². The van der Waals surface area contributed by atoms with Crippen LogP contribution in [0.15, 0.2) is 30.5 Å². The number of rotatable bonds is 4. The van der Waals surface area contributed by atoms with Crippen molar-refractivity contribution in [2.24, 2.45) is 0 Å². The fourth-order valence-electron chi connectivity index (χ4n) is 2.11. The van der Waals surface area contributed by atoms with Gasteiger partial charge in [-0.25, -0.2) is 4.39 Å². The Hall–Kier alpha value is -1.31. The molecule has 1 aliphatic heterocycles. The van der Waals surface area contributed by atoms with Gasteiger partial charge in [0.05, 0.1) is 0 Å². The lowest BCUT2D eigenvalue weighted by atomic mass is 10.1. The highest BCUT2D eigenvalue weighted by Crippen LogP contribution is 2.26. The number of unbranched alkanes of at least 4 members (excludes halogenated alkanes) is 2. The molecule has 1 heterocycles. The van der Waals surface area contributed by atoms with Gasteiger partial charge < -0.3 is 4.90 Å². The van der Waals surface area contributed by atoms with Crippen LogP contribution in [0, 0.1) is 5.82 Å². The maximum absolute atomic E-state index is 13.1. The van der Waals surface area contributed by atoms with E-state index in [0.29, 0.717) is 0 Å². The quantitative estimate of drug-likeness (QED) is 0.694. The second-order valence-corrected chi connectivity index (χ2v) is 4.26. The summed E-state index contributed by atoms with van der Waals surface area (Å²) in [5.41, 5.74) is 2.26. The van der Waals surface area contributed by atoms with Crippen LogP contribution in [-0.2, 0) is 6.42 Å². The molecular weight excluding hydrogens is 201 g/mol. The maximum atomic E-state index is 13.1. The molecule has 0 atom stereocenters. The number of halogens is 1. The first kappa shape index (κ1) is 11.2. The predicted octanol–water partition coefficient (Wildman–Crippen LogP) is 3.89. The molecule has 0 saturated heterocycles. The number of hydrogen-bond donors (Lipinski definition) is 0. The molecule has 1 aliphatic rings. The Morgan fingerprint density at radius 2 is 2.19 bits per heavy atom. The van der Waals surface area contributed by atoms with Crippen LogP contribution in [-0.4, -0.2) is 6.54 Å². The molecule has 0 unspecified atom stereocenters. The zero-order valence-electron chi connectivity index (χ0n) is 9.75. The van der Waals surface area contributed by atoms with Crippen molar-refractivity contribution in [3.8, 4) is 0 Å². The minimum Gasteiger partial charge on any atom is -0.348 e. The molecule has 0 radical (unpaired) electrons. The van der Waals surface area contributed by atoms with E-state index < -0.39 is 0 Å². The molecule has 0 amide bonds. The topological polar surface area (TPSA) is 3.24 Å². The summed E-state index contributed by atoms with van der Waals surface area (Å²) in [6.07, 6.45) is 8.74. The standard InChI is InChI=1S/C14H18FN/c1-2-3-4-9-16-10-5-6-12-11-13(15)7-8-14(12)16/h5,7-8,10-11H,2-4,6,9H2,1H3. The molecule has 2 rings (SSSR count). The minimum absolute atomic E-state index is 0.137. The normalized spacial score (nSPS) is 14.0. The molecule has 1 aromatic rings. The largest absolute Gasteiger partial charge is 0.348 e. The first-order valence-corrected chi connectivity index (χ1v) is 6.03. The summed E-state index contributed by atoms with van der Waals surface area (Å²) >= 11 is 0. The van der Waals surface area contributed by atoms with Crippen molar-refractivity contribution in [1.82, 2.24) is 0 Å². The van der Waals surface area contributed by atoms with Crippen LogP contribution in [0.1, 0.15) is 31.7 Å². The number of fused-ring (bicyclic) bond motifs is 1. The predicted molar refractivity (Wildman–Crippen MR) is 66.1 cm³/mol. The monoisotopic (exact) mass is 219 g/mol. The summed E-state index contributed by atoms with van der Waals surface area (Å²) < 4.78 is 13.1. The van der Waals surface area contributed by atoms with Crippen LogP contribution in [0.25, 0.3) is 0 Å². The van der Waals surface area contributed by atoms with Crippen molar-refractivity contribution in [2.75, 3.05) is 11.4 Å². The van der Waals surface area contributed by atoms with E-state index in [0.717, 1.165) is 18.5 Å². The van der Waals surface area contributed by atoms with Crippen molar-refractivity contribution in [1.29, 1.82) is 0 Å². The van der Waals surface area contributed by atoms with Crippen LogP contribution < -0.4 is 4.90 Å². The lowest BCUT2D eigenvalue weighted by Gasteiger charge is -2.26. The summed E-state index contributed by atoms with van der Waals surface area (Å²) in [7, 11) is 0. The van der Waals surface area contributed by atoms with Crippen LogP contribution in [0.2, 0.25) is 0 Å². The number of hydrogen-bond acceptors (Lipinski definition) is 1. The Labute approximate surface area is 96.6 Å². The number of nitrogens with zero attached hydrogens (tertiary/aromatic N) is 1. The van der Waals surface area contributed by atoms with Gasteiger partial charge in [0.2, 0.25) is 0 Å². The average Bonchev–Trinajstić information content (AvgIpc) is 2.29. The molecule has 0 N–H and O–H groups in total. The van der Waals surface area contributed by atoms with E-state index in [1.54, 1.807) is 12.1 Å². The molecule has 0 saturated carbocycles. The van der Waals surface area contributed by atoms with Crippen LogP contribution in [0.5, 0.6) is 0 Å². The lowest BCUT2D eigenvalue weighted by molar-refractivity contribution is 0.625. The van der Waals surface area contributed by atoms with Gasteiger partial charge in [-0.05, 0) is 36.6 Å². The van der Waals surface area contributed by atoms with Gasteiger partial charge in [-0.2, -0.15) is 0 Å². The second kappa shape index (κ2) is 5.15. The van der Waals surface area contributed by atoms with Gasteiger partial charge >= 0.3 is 0 Å². The van der Waals surface area contributed by atoms with Crippen molar-refractivity contribution in [3.63, 3.8) is 0 Å². The van der Waals surface area contributed by atoms with Gasteiger partial charge in [0.25, 0.3) is 0 Å². The molecule has 1 aromatic carbocycles. The van der Waals surface area contributed by atoms with Crippen LogP contribution in [0.4, 0.5) is 10.1 Å². The van der Waals surface area contributed by atoms with Gasteiger partial charge in [0, 0.05) is 18.4 Å². The summed E-state index contributed by atoms with van der Waals surface area (Å²) in [6.45, 7) is 3.23. The number of anilines is 1. The third kappa shape index (κ3) is 2.43. The van der Waals surface area contributed by atoms with E-state index >= 15 is 0 Å². The maximum Gasteiger partial charge on any atom is 0.123 e. The smallest absolute Gasteiger partial charge is 0.123 e. The molecular formula is C14H18FN. The Bertz CT molecular complexity index is 384. The van der Waals surface area contributed by atoms with E-state index in [-0.39, 0.29) is 5.82 Å². The van der Waals surface area contributed by atoms with Crippen molar-refractivity contribution >= 4 is 5.69 Å². The van der Waals surface area contributed by atoms with E-state index in [1.165, 1.54) is 24.9 Å². The van der Waals surface area contributed by atoms with Crippen LogP contribution in [0.3, 0.4) is 0 Å². The van der Waals surface area contributed by atoms with Crippen molar-refractivity contribution in [3.05, 3.63) is 41.9 Å². The Morgan fingerprint density at radius 1 is 1.31 bits per heavy atom. The zero-order valence-corrected chi connectivity index (χ0v) is 9.75. The van der Waals surface area contributed by atoms with Crippen molar-refractivity contribution in [2.45, 2.75) is 32.6 Å². The first-order chi connectivity index (χ1) is 7.81. The minimum atomic E-state index is -0.137. The molecule has 0 fully saturated rings. The molecule has 86 valence electrons. The van der Waals surface area contributed by atoms with E-state index in [2.05, 4.69) is 24.1 Å². The van der Waals surface area contributed by atoms with E-state index in [9.17, 15) is 4.39 Å². The summed E-state index contributed by atoms with van der Waals surface area (Å²) in [4.78, 5) is 2.23. The first-order valence-electron chi connectivity index (χ1n) is 6.03. The van der Waals surface area contributed by atoms with Gasteiger partial charge in [-0.1, -0.05) is 25.8 Å². The number of allylic oxidation sites excluding steroid dienone is 1. The highest BCUT2D eigenvalue weighted by atomic mass is 19.1. The van der Waals surface area contributed by atoms with Gasteiger partial charge in [-0.3, -0.25) is 0 Å². The van der Waals surface area contributed by atoms with E-state index in [4.69, 9.17) is 0 Å².